The van der Waals surface area contributed by atoms with Gasteiger partial charge in [0.15, 0.2) is 0 Å². The summed E-state index contributed by atoms with van der Waals surface area (Å²) in [7, 11) is 0. The Labute approximate surface area is 102 Å². The molecule has 3 heteroatoms. The minimum absolute atomic E-state index is 0.227. The monoisotopic (exact) mass is 233 g/mol. The fourth-order valence-corrected chi connectivity index (χ4v) is 2.51. The summed E-state index contributed by atoms with van der Waals surface area (Å²) in [6, 6.07) is 6.39. The van der Waals surface area contributed by atoms with Gasteiger partial charge >= 0.3 is 0 Å². The van der Waals surface area contributed by atoms with Crippen molar-refractivity contribution >= 4 is 5.69 Å². The van der Waals surface area contributed by atoms with Crippen LogP contribution in [0.3, 0.4) is 0 Å². The molecule has 0 aliphatic carbocycles. The lowest BCUT2D eigenvalue weighted by molar-refractivity contribution is 0.00745. The molecule has 1 saturated heterocycles. The van der Waals surface area contributed by atoms with Crippen LogP contribution < -0.4 is 10.1 Å². The molecule has 2 aliphatic rings. The van der Waals surface area contributed by atoms with Crippen LogP contribution in [0.4, 0.5) is 5.69 Å². The van der Waals surface area contributed by atoms with Gasteiger partial charge in [0.05, 0.1) is 6.61 Å². The molecule has 1 unspecified atom stereocenters. The molecule has 1 atom stereocenters. The van der Waals surface area contributed by atoms with Crippen LogP contribution >= 0.6 is 0 Å². The van der Waals surface area contributed by atoms with Crippen LogP contribution in [0.25, 0.3) is 0 Å². The van der Waals surface area contributed by atoms with Crippen LogP contribution in [0.1, 0.15) is 24.8 Å². The first-order valence-corrected chi connectivity index (χ1v) is 6.53. The Morgan fingerprint density at radius 2 is 2.29 bits per heavy atom. The summed E-state index contributed by atoms with van der Waals surface area (Å²) in [5, 5.41) is 3.43. The number of hydrogen-bond donors (Lipinski definition) is 1. The number of fused-ring (bicyclic) bond motifs is 1. The zero-order valence-electron chi connectivity index (χ0n) is 10.1. The zero-order chi connectivity index (χ0) is 11.5. The lowest BCUT2D eigenvalue weighted by atomic mass is 10.0. The molecule has 3 rings (SSSR count). The Kier molecular flexibility index (Phi) is 3.18. The van der Waals surface area contributed by atoms with E-state index in [4.69, 9.17) is 9.47 Å². The molecule has 3 nitrogen and oxygen atoms in total. The van der Waals surface area contributed by atoms with Crippen LogP contribution in [0.5, 0.6) is 5.75 Å². The van der Waals surface area contributed by atoms with Crippen LogP contribution in [0.2, 0.25) is 0 Å². The summed E-state index contributed by atoms with van der Waals surface area (Å²) in [5.74, 6) is 0.966. The smallest absolute Gasteiger partial charge is 0.122 e. The molecule has 0 radical (unpaired) electrons. The molecule has 17 heavy (non-hydrogen) atoms. The SMILES string of the molecule is c1cc2c(cc1OC1CCCOC1)NCCC2. The van der Waals surface area contributed by atoms with E-state index in [2.05, 4.69) is 23.5 Å². The van der Waals surface area contributed by atoms with Crippen molar-refractivity contribution in [1.82, 2.24) is 0 Å². The first-order valence-electron chi connectivity index (χ1n) is 6.53. The molecule has 1 N–H and O–H groups in total. The molecule has 2 heterocycles. The van der Waals surface area contributed by atoms with Crippen LogP contribution in [0, 0.1) is 0 Å². The zero-order valence-corrected chi connectivity index (χ0v) is 10.1. The molecule has 0 bridgehead atoms. The fraction of sp³-hybridized carbons (Fsp3) is 0.571. The molecule has 0 amide bonds. The van der Waals surface area contributed by atoms with Gasteiger partial charge in [-0.1, -0.05) is 6.07 Å². The van der Waals surface area contributed by atoms with E-state index in [-0.39, 0.29) is 6.10 Å². The number of benzene rings is 1. The topological polar surface area (TPSA) is 30.5 Å². The molecule has 1 fully saturated rings. The maximum absolute atomic E-state index is 5.96. The van der Waals surface area contributed by atoms with Gasteiger partial charge in [-0.25, -0.2) is 0 Å². The number of aryl methyl sites for hydroxylation is 1. The van der Waals surface area contributed by atoms with Gasteiger partial charge in [0, 0.05) is 24.9 Å². The molecule has 0 spiro atoms. The Bertz CT molecular complexity index is 386. The number of nitrogens with one attached hydrogen (secondary N) is 1. The summed E-state index contributed by atoms with van der Waals surface area (Å²) >= 11 is 0. The Hall–Kier alpha value is -1.22. The third kappa shape index (κ3) is 2.55. The predicted molar refractivity (Wildman–Crippen MR) is 67.7 cm³/mol. The maximum atomic E-state index is 5.96. The summed E-state index contributed by atoms with van der Waals surface area (Å²) in [4.78, 5) is 0. The minimum Gasteiger partial charge on any atom is -0.488 e. The second kappa shape index (κ2) is 4.96. The van der Waals surface area contributed by atoms with E-state index in [0.29, 0.717) is 0 Å². The third-order valence-electron chi connectivity index (χ3n) is 3.44. The molecular formula is C14H19NO2. The average molecular weight is 233 g/mol. The first kappa shape index (κ1) is 10.9. The van der Waals surface area contributed by atoms with E-state index in [9.17, 15) is 0 Å². The molecular weight excluding hydrogens is 214 g/mol. The van der Waals surface area contributed by atoms with Crippen molar-refractivity contribution in [2.75, 3.05) is 25.1 Å². The van der Waals surface area contributed by atoms with Crippen molar-refractivity contribution in [3.63, 3.8) is 0 Å². The normalized spacial score (nSPS) is 23.6. The van der Waals surface area contributed by atoms with Gasteiger partial charge in [0.2, 0.25) is 0 Å². The van der Waals surface area contributed by atoms with Gasteiger partial charge in [-0.15, -0.1) is 0 Å². The van der Waals surface area contributed by atoms with E-state index < -0.39 is 0 Å². The van der Waals surface area contributed by atoms with E-state index in [1.165, 1.54) is 24.1 Å². The highest BCUT2D eigenvalue weighted by molar-refractivity contribution is 5.56. The second-order valence-electron chi connectivity index (χ2n) is 4.81. The van der Waals surface area contributed by atoms with Crippen LogP contribution in [-0.4, -0.2) is 25.9 Å². The lowest BCUT2D eigenvalue weighted by Crippen LogP contribution is -2.28. The van der Waals surface area contributed by atoms with Crippen LogP contribution in [0.15, 0.2) is 18.2 Å². The molecule has 0 aromatic heterocycles. The van der Waals surface area contributed by atoms with Gasteiger partial charge in [0.25, 0.3) is 0 Å². The van der Waals surface area contributed by atoms with E-state index in [1.54, 1.807) is 0 Å². The average Bonchev–Trinajstić information content (AvgIpc) is 2.40. The van der Waals surface area contributed by atoms with Crippen molar-refractivity contribution in [2.45, 2.75) is 31.8 Å². The Morgan fingerprint density at radius 1 is 1.29 bits per heavy atom. The fourth-order valence-electron chi connectivity index (χ4n) is 2.51. The van der Waals surface area contributed by atoms with Gasteiger partial charge in [-0.05, 0) is 37.3 Å². The maximum Gasteiger partial charge on any atom is 0.122 e. The van der Waals surface area contributed by atoms with Gasteiger partial charge in [-0.2, -0.15) is 0 Å². The van der Waals surface area contributed by atoms with Gasteiger partial charge < -0.3 is 14.8 Å². The Balaban J connectivity index is 1.70. The number of rotatable bonds is 2. The minimum atomic E-state index is 0.227. The quantitative estimate of drug-likeness (QED) is 0.851. The molecule has 1 aromatic rings. The standard InChI is InChI=1S/C14H19NO2/c1-3-11-5-6-12(9-14(11)15-7-1)17-13-4-2-8-16-10-13/h5-6,9,13,15H,1-4,7-8,10H2. The lowest BCUT2D eigenvalue weighted by Gasteiger charge is -2.24. The third-order valence-corrected chi connectivity index (χ3v) is 3.44. The Morgan fingerprint density at radius 3 is 3.18 bits per heavy atom. The first-order chi connectivity index (χ1) is 8.42. The summed E-state index contributed by atoms with van der Waals surface area (Å²) in [6.45, 7) is 2.68. The van der Waals surface area contributed by atoms with Gasteiger partial charge in [-0.3, -0.25) is 0 Å². The van der Waals surface area contributed by atoms with Crippen molar-refractivity contribution in [2.24, 2.45) is 0 Å². The van der Waals surface area contributed by atoms with Crippen molar-refractivity contribution in [3.05, 3.63) is 23.8 Å². The summed E-state index contributed by atoms with van der Waals surface area (Å²) in [6.07, 6.45) is 4.84. The summed E-state index contributed by atoms with van der Waals surface area (Å²) in [5.41, 5.74) is 2.65. The van der Waals surface area contributed by atoms with Crippen molar-refractivity contribution in [3.8, 4) is 5.75 Å². The van der Waals surface area contributed by atoms with Crippen molar-refractivity contribution in [1.29, 1.82) is 0 Å². The highest BCUT2D eigenvalue weighted by atomic mass is 16.5. The van der Waals surface area contributed by atoms with E-state index in [0.717, 1.165) is 38.3 Å². The largest absolute Gasteiger partial charge is 0.488 e. The molecule has 0 saturated carbocycles. The highest BCUT2D eigenvalue weighted by Crippen LogP contribution is 2.27. The number of ether oxygens (including phenoxy) is 2. The molecule has 92 valence electrons. The second-order valence-corrected chi connectivity index (χ2v) is 4.81. The summed E-state index contributed by atoms with van der Waals surface area (Å²) < 4.78 is 11.4. The highest BCUT2D eigenvalue weighted by Gasteiger charge is 2.16. The van der Waals surface area contributed by atoms with E-state index in [1.807, 2.05) is 0 Å². The number of hydrogen-bond acceptors (Lipinski definition) is 3. The molecule has 2 aliphatic heterocycles. The van der Waals surface area contributed by atoms with Crippen molar-refractivity contribution < 1.29 is 9.47 Å². The van der Waals surface area contributed by atoms with Crippen LogP contribution in [-0.2, 0) is 11.2 Å². The predicted octanol–water partition coefficient (Wildman–Crippen LogP) is 2.60. The molecule has 1 aromatic carbocycles. The van der Waals surface area contributed by atoms with Gasteiger partial charge in [0.1, 0.15) is 11.9 Å². The van der Waals surface area contributed by atoms with E-state index >= 15 is 0 Å². The number of anilines is 1.